The third-order valence-electron chi connectivity index (χ3n) is 3.74. The van der Waals surface area contributed by atoms with Crippen molar-refractivity contribution in [2.45, 2.75) is 56.1 Å². The smallest absolute Gasteiger partial charge is 0.259 e. The predicted octanol–water partition coefficient (Wildman–Crippen LogP) is 0.667. The number of imidazole rings is 1. The molecule has 7 heteroatoms. The lowest BCUT2D eigenvalue weighted by atomic mass is 10.1. The molecule has 0 bridgehead atoms. The monoisotopic (exact) mass is 286 g/mol. The molecule has 2 unspecified atom stereocenters. The summed E-state index contributed by atoms with van der Waals surface area (Å²) >= 11 is 0. The Bertz CT molecular complexity index is 518. The summed E-state index contributed by atoms with van der Waals surface area (Å²) in [4.78, 5) is 4.07. The first kappa shape index (κ1) is 14.5. The van der Waals surface area contributed by atoms with Crippen molar-refractivity contribution in [1.82, 2.24) is 14.3 Å². The molecule has 1 aromatic heterocycles. The predicted molar refractivity (Wildman–Crippen MR) is 73.1 cm³/mol. The van der Waals surface area contributed by atoms with E-state index in [1.165, 1.54) is 6.20 Å². The van der Waals surface area contributed by atoms with Gasteiger partial charge in [0, 0.05) is 25.3 Å². The van der Waals surface area contributed by atoms with Crippen molar-refractivity contribution < 1.29 is 8.42 Å². The summed E-state index contributed by atoms with van der Waals surface area (Å²) in [5.41, 5.74) is 6.05. The molecule has 1 aliphatic rings. The molecule has 0 aliphatic heterocycles. The van der Waals surface area contributed by atoms with Gasteiger partial charge in [-0.05, 0) is 19.8 Å². The van der Waals surface area contributed by atoms with Gasteiger partial charge in [-0.15, -0.1) is 0 Å². The number of nitrogens with zero attached hydrogens (tertiary/aromatic N) is 2. The van der Waals surface area contributed by atoms with Crippen LogP contribution >= 0.6 is 0 Å². The molecule has 1 aromatic rings. The van der Waals surface area contributed by atoms with Gasteiger partial charge in [0.25, 0.3) is 10.0 Å². The minimum Gasteiger partial charge on any atom is -0.337 e. The van der Waals surface area contributed by atoms with E-state index in [2.05, 4.69) is 9.71 Å². The van der Waals surface area contributed by atoms with Gasteiger partial charge in [-0.1, -0.05) is 19.3 Å². The molecule has 1 saturated carbocycles. The average molecular weight is 286 g/mol. The fraction of sp³-hybridized carbons (Fsp3) is 0.750. The van der Waals surface area contributed by atoms with E-state index in [-0.39, 0.29) is 17.1 Å². The number of nitrogens with one attached hydrogen (secondary N) is 1. The van der Waals surface area contributed by atoms with Crippen LogP contribution in [0.3, 0.4) is 0 Å². The second kappa shape index (κ2) is 5.60. The van der Waals surface area contributed by atoms with Gasteiger partial charge < -0.3 is 10.3 Å². The van der Waals surface area contributed by atoms with Gasteiger partial charge in [0.1, 0.15) is 5.82 Å². The minimum absolute atomic E-state index is 0.0731. The Kier molecular flexibility index (Phi) is 4.27. The van der Waals surface area contributed by atoms with Crippen molar-refractivity contribution in [3.63, 3.8) is 0 Å². The van der Waals surface area contributed by atoms with Crippen LogP contribution in [0.5, 0.6) is 0 Å². The SMILES string of the molecule is Cc1nc(S(=O)(=O)NC2CCCCCC2N)cn1C. The Morgan fingerprint density at radius 3 is 2.68 bits per heavy atom. The first-order valence-corrected chi connectivity index (χ1v) is 8.16. The van der Waals surface area contributed by atoms with E-state index in [4.69, 9.17) is 5.73 Å². The second-order valence-electron chi connectivity index (χ2n) is 5.27. The van der Waals surface area contributed by atoms with Crippen LogP contribution in [0.2, 0.25) is 0 Å². The van der Waals surface area contributed by atoms with Gasteiger partial charge in [-0.2, -0.15) is 0 Å². The van der Waals surface area contributed by atoms with Crippen LogP contribution < -0.4 is 10.5 Å². The van der Waals surface area contributed by atoms with E-state index < -0.39 is 10.0 Å². The normalized spacial score (nSPS) is 25.2. The molecule has 0 spiro atoms. The lowest BCUT2D eigenvalue weighted by Crippen LogP contribution is -2.46. The standard InChI is InChI=1S/C12H22N4O2S/c1-9-14-12(8-16(9)2)19(17,18)15-11-7-5-3-4-6-10(11)13/h8,10-11,15H,3-7,13H2,1-2H3. The molecule has 3 N–H and O–H groups in total. The molecule has 19 heavy (non-hydrogen) atoms. The highest BCUT2D eigenvalue weighted by Gasteiger charge is 2.27. The zero-order valence-electron chi connectivity index (χ0n) is 11.5. The summed E-state index contributed by atoms with van der Waals surface area (Å²) in [6.45, 7) is 1.77. The topological polar surface area (TPSA) is 90.0 Å². The van der Waals surface area contributed by atoms with Crippen LogP contribution in [-0.2, 0) is 17.1 Å². The molecule has 1 heterocycles. The number of nitrogens with two attached hydrogens (primary N) is 1. The third-order valence-corrected chi connectivity index (χ3v) is 5.10. The molecular formula is C12H22N4O2S. The molecular weight excluding hydrogens is 264 g/mol. The maximum Gasteiger partial charge on any atom is 0.259 e. The van der Waals surface area contributed by atoms with Crippen molar-refractivity contribution in [3.8, 4) is 0 Å². The molecule has 1 aliphatic carbocycles. The summed E-state index contributed by atoms with van der Waals surface area (Å²) in [5.74, 6) is 0.672. The molecule has 108 valence electrons. The number of aromatic nitrogens is 2. The highest BCUT2D eigenvalue weighted by atomic mass is 32.2. The van der Waals surface area contributed by atoms with E-state index in [1.807, 2.05) is 0 Å². The number of aryl methyl sites for hydroxylation is 2. The molecule has 6 nitrogen and oxygen atoms in total. The fourth-order valence-corrected chi connectivity index (χ4v) is 3.76. The highest BCUT2D eigenvalue weighted by Crippen LogP contribution is 2.19. The number of rotatable bonds is 3. The molecule has 2 atom stereocenters. The van der Waals surface area contributed by atoms with Crippen molar-refractivity contribution in [3.05, 3.63) is 12.0 Å². The van der Waals surface area contributed by atoms with E-state index in [1.54, 1.807) is 18.5 Å². The second-order valence-corrected chi connectivity index (χ2v) is 6.93. The van der Waals surface area contributed by atoms with Gasteiger partial charge in [-0.3, -0.25) is 0 Å². The quantitative estimate of drug-likeness (QED) is 0.799. The molecule has 0 aromatic carbocycles. The van der Waals surface area contributed by atoms with Gasteiger partial charge in [-0.25, -0.2) is 18.1 Å². The van der Waals surface area contributed by atoms with E-state index in [0.29, 0.717) is 5.82 Å². The number of hydrogen-bond donors (Lipinski definition) is 2. The Balaban J connectivity index is 2.16. The fourth-order valence-electron chi connectivity index (χ4n) is 2.40. The highest BCUT2D eigenvalue weighted by molar-refractivity contribution is 7.89. The molecule has 1 fully saturated rings. The van der Waals surface area contributed by atoms with Crippen LogP contribution in [0.15, 0.2) is 11.2 Å². The Hall–Kier alpha value is -0.920. The van der Waals surface area contributed by atoms with Crippen molar-refractivity contribution >= 4 is 10.0 Å². The van der Waals surface area contributed by atoms with Crippen LogP contribution in [-0.4, -0.2) is 30.1 Å². The van der Waals surface area contributed by atoms with E-state index in [0.717, 1.165) is 32.1 Å². The van der Waals surface area contributed by atoms with Crippen LogP contribution in [0.1, 0.15) is 37.9 Å². The maximum atomic E-state index is 12.3. The van der Waals surface area contributed by atoms with E-state index >= 15 is 0 Å². The maximum absolute atomic E-state index is 12.3. The minimum atomic E-state index is -3.57. The van der Waals surface area contributed by atoms with Crippen LogP contribution in [0.25, 0.3) is 0 Å². The first-order chi connectivity index (χ1) is 8.90. The van der Waals surface area contributed by atoms with Crippen LogP contribution in [0.4, 0.5) is 0 Å². The lowest BCUT2D eigenvalue weighted by molar-refractivity contribution is 0.455. The zero-order chi connectivity index (χ0) is 14.0. The average Bonchev–Trinajstić information content (AvgIpc) is 2.55. The van der Waals surface area contributed by atoms with Gasteiger partial charge >= 0.3 is 0 Å². The number of hydrogen-bond acceptors (Lipinski definition) is 4. The Morgan fingerprint density at radius 1 is 1.37 bits per heavy atom. The van der Waals surface area contributed by atoms with Gasteiger partial charge in [0.2, 0.25) is 0 Å². The van der Waals surface area contributed by atoms with Gasteiger partial charge in [0.15, 0.2) is 5.03 Å². The van der Waals surface area contributed by atoms with Crippen molar-refractivity contribution in [1.29, 1.82) is 0 Å². The first-order valence-electron chi connectivity index (χ1n) is 6.68. The molecule has 2 rings (SSSR count). The summed E-state index contributed by atoms with van der Waals surface area (Å²) in [5, 5.41) is 0.0731. The summed E-state index contributed by atoms with van der Waals surface area (Å²) in [6, 6.07) is -0.295. The summed E-state index contributed by atoms with van der Waals surface area (Å²) in [6.07, 6.45) is 6.40. The largest absolute Gasteiger partial charge is 0.337 e. The van der Waals surface area contributed by atoms with Crippen molar-refractivity contribution in [2.24, 2.45) is 12.8 Å². The molecule has 0 amide bonds. The Labute approximate surface area is 114 Å². The lowest BCUT2D eigenvalue weighted by Gasteiger charge is -2.21. The van der Waals surface area contributed by atoms with E-state index in [9.17, 15) is 8.42 Å². The summed E-state index contributed by atoms with van der Waals surface area (Å²) in [7, 11) is -1.80. The van der Waals surface area contributed by atoms with Gasteiger partial charge in [0.05, 0.1) is 0 Å². The molecule has 0 radical (unpaired) electrons. The molecule has 0 saturated heterocycles. The van der Waals surface area contributed by atoms with Crippen molar-refractivity contribution in [2.75, 3.05) is 0 Å². The Morgan fingerprint density at radius 2 is 2.05 bits per heavy atom. The van der Waals surface area contributed by atoms with Crippen LogP contribution in [0, 0.1) is 6.92 Å². The number of sulfonamides is 1. The summed E-state index contributed by atoms with van der Waals surface area (Å²) < 4.78 is 29.0. The third kappa shape index (κ3) is 3.34. The zero-order valence-corrected chi connectivity index (χ0v) is 12.3.